The fraction of sp³-hybridized carbons (Fsp3) is 0. The van der Waals surface area contributed by atoms with Crippen LogP contribution in [-0.4, -0.2) is 24.5 Å². The van der Waals surface area contributed by atoms with E-state index in [0.29, 0.717) is 0 Å². The van der Waals surface area contributed by atoms with Gasteiger partial charge in [0.05, 0.1) is 33.8 Å². The van der Waals surface area contributed by atoms with Gasteiger partial charge in [-0.2, -0.15) is 0 Å². The van der Waals surface area contributed by atoms with E-state index in [1.807, 2.05) is 24.3 Å². The molecule has 202 valence electrons. The van der Waals surface area contributed by atoms with Crippen molar-refractivity contribution in [1.29, 1.82) is 0 Å². The molecule has 0 fully saturated rings. The Bertz CT molecular complexity index is 2130. The highest BCUT2D eigenvalue weighted by molar-refractivity contribution is 6.09. The minimum Gasteiger partial charge on any atom is -0.309 e. The first-order chi connectivity index (χ1) is 21.3. The molecule has 8 aromatic rings. The van der Waals surface area contributed by atoms with Crippen LogP contribution in [0.3, 0.4) is 0 Å². The molecule has 0 radical (unpaired) electrons. The highest BCUT2D eigenvalue weighted by Crippen LogP contribution is 2.34. The summed E-state index contributed by atoms with van der Waals surface area (Å²) in [7, 11) is 0. The molecule has 0 bridgehead atoms. The zero-order chi connectivity index (χ0) is 28.6. The molecule has 5 nitrogen and oxygen atoms in total. The van der Waals surface area contributed by atoms with Crippen LogP contribution in [0, 0.1) is 0 Å². The summed E-state index contributed by atoms with van der Waals surface area (Å²) in [6.07, 6.45) is 7.16. The van der Waals surface area contributed by atoms with E-state index in [0.717, 1.165) is 50.7 Å². The summed E-state index contributed by atoms with van der Waals surface area (Å²) in [6, 6.07) is 44.1. The molecular formula is C38H25N5. The van der Waals surface area contributed by atoms with Crippen molar-refractivity contribution in [3.8, 4) is 50.7 Å². The lowest BCUT2D eigenvalue weighted by Gasteiger charge is -2.12. The Labute approximate surface area is 248 Å². The summed E-state index contributed by atoms with van der Waals surface area (Å²) >= 11 is 0. The first-order valence-electron chi connectivity index (χ1n) is 14.2. The highest BCUT2D eigenvalue weighted by atomic mass is 15.0. The Morgan fingerprint density at radius 2 is 0.884 bits per heavy atom. The Morgan fingerprint density at radius 1 is 0.372 bits per heavy atom. The van der Waals surface area contributed by atoms with E-state index < -0.39 is 0 Å². The third-order valence-corrected chi connectivity index (χ3v) is 7.80. The number of aromatic nitrogens is 5. The van der Waals surface area contributed by atoms with Crippen LogP contribution >= 0.6 is 0 Å². The molecule has 0 aliphatic heterocycles. The molecule has 0 saturated heterocycles. The third kappa shape index (κ3) is 4.53. The van der Waals surface area contributed by atoms with Crippen molar-refractivity contribution in [2.24, 2.45) is 0 Å². The second-order valence-electron chi connectivity index (χ2n) is 10.4. The average Bonchev–Trinajstić information content (AvgIpc) is 3.43. The Kier molecular flexibility index (Phi) is 6.05. The highest BCUT2D eigenvalue weighted by Gasteiger charge is 2.14. The van der Waals surface area contributed by atoms with Crippen LogP contribution in [0.25, 0.3) is 72.5 Å². The normalized spacial score (nSPS) is 11.3. The molecule has 0 atom stereocenters. The summed E-state index contributed by atoms with van der Waals surface area (Å²) in [4.78, 5) is 18.5. The summed E-state index contributed by atoms with van der Waals surface area (Å²) in [5.74, 6) is 0. The van der Waals surface area contributed by atoms with E-state index in [1.165, 1.54) is 21.8 Å². The molecule has 8 rings (SSSR count). The van der Waals surface area contributed by atoms with Crippen molar-refractivity contribution in [3.05, 3.63) is 152 Å². The molecule has 0 saturated carbocycles. The standard InChI is InChI=1S/C38H25N5/c1-3-13-37-31(9-1)32-10-2-4-14-38(32)43(37)30-8-5-7-28(23-30)33-11-6-12-34(41-33)29-24-35(26-15-19-39-20-16-26)42-36(25-29)27-17-21-40-22-18-27/h1-25H. The minimum atomic E-state index is 0.868. The van der Waals surface area contributed by atoms with Crippen LogP contribution < -0.4 is 0 Å². The van der Waals surface area contributed by atoms with Crippen molar-refractivity contribution in [1.82, 2.24) is 24.5 Å². The van der Waals surface area contributed by atoms with E-state index in [2.05, 4.69) is 118 Å². The molecule has 0 unspecified atom stereocenters. The molecule has 43 heavy (non-hydrogen) atoms. The Morgan fingerprint density at radius 3 is 1.49 bits per heavy atom. The maximum absolute atomic E-state index is 5.17. The number of rotatable bonds is 5. The molecule has 5 heteroatoms. The van der Waals surface area contributed by atoms with Crippen molar-refractivity contribution in [2.45, 2.75) is 0 Å². The molecule has 0 amide bonds. The van der Waals surface area contributed by atoms with Crippen molar-refractivity contribution >= 4 is 21.8 Å². The lowest BCUT2D eigenvalue weighted by atomic mass is 10.0. The van der Waals surface area contributed by atoms with Crippen molar-refractivity contribution in [3.63, 3.8) is 0 Å². The Balaban J connectivity index is 1.25. The summed E-state index contributed by atoms with van der Waals surface area (Å²) in [5.41, 5.74) is 11.1. The van der Waals surface area contributed by atoms with Gasteiger partial charge in [-0.1, -0.05) is 54.6 Å². The molecule has 0 N–H and O–H groups in total. The number of nitrogens with zero attached hydrogens (tertiary/aromatic N) is 5. The predicted molar refractivity (Wildman–Crippen MR) is 174 cm³/mol. The van der Waals surface area contributed by atoms with Gasteiger partial charge in [0.25, 0.3) is 0 Å². The van der Waals surface area contributed by atoms with Crippen LogP contribution in [0.1, 0.15) is 0 Å². The molecule has 3 aromatic carbocycles. The topological polar surface area (TPSA) is 56.5 Å². The van der Waals surface area contributed by atoms with E-state index >= 15 is 0 Å². The smallest absolute Gasteiger partial charge is 0.0717 e. The van der Waals surface area contributed by atoms with Gasteiger partial charge in [-0.15, -0.1) is 0 Å². The lowest BCUT2D eigenvalue weighted by Crippen LogP contribution is -1.96. The molecule has 5 heterocycles. The third-order valence-electron chi connectivity index (χ3n) is 7.80. The van der Waals surface area contributed by atoms with Gasteiger partial charge >= 0.3 is 0 Å². The Hall–Kier alpha value is -5.94. The molecule has 5 aromatic heterocycles. The number of pyridine rings is 4. The van der Waals surface area contributed by atoms with E-state index in [-0.39, 0.29) is 0 Å². The number of hydrogen-bond donors (Lipinski definition) is 0. The van der Waals surface area contributed by atoms with Crippen LogP contribution in [0.4, 0.5) is 0 Å². The summed E-state index contributed by atoms with van der Waals surface area (Å²) in [6.45, 7) is 0. The zero-order valence-corrected chi connectivity index (χ0v) is 23.2. The number of benzene rings is 3. The molecule has 0 aliphatic rings. The fourth-order valence-electron chi connectivity index (χ4n) is 5.78. The second-order valence-corrected chi connectivity index (χ2v) is 10.4. The number of hydrogen-bond acceptors (Lipinski definition) is 4. The van der Waals surface area contributed by atoms with Crippen LogP contribution in [0.5, 0.6) is 0 Å². The van der Waals surface area contributed by atoms with E-state index in [1.54, 1.807) is 24.8 Å². The first kappa shape index (κ1) is 24.8. The van der Waals surface area contributed by atoms with Crippen LogP contribution in [0.15, 0.2) is 152 Å². The zero-order valence-electron chi connectivity index (χ0n) is 23.2. The summed E-state index contributed by atoms with van der Waals surface area (Å²) < 4.78 is 2.34. The van der Waals surface area contributed by atoms with Crippen LogP contribution in [0.2, 0.25) is 0 Å². The SMILES string of the molecule is c1cc(-c2cccc(-c3cc(-c4ccncc4)nc(-c4ccncc4)c3)n2)cc(-n2c3ccccc3c3ccccc32)c1. The fourth-order valence-corrected chi connectivity index (χ4v) is 5.78. The van der Waals surface area contributed by atoms with Gasteiger partial charge in [-0.25, -0.2) is 9.97 Å². The second kappa shape index (κ2) is 10.5. The molecule has 0 aliphatic carbocycles. The molecular weight excluding hydrogens is 526 g/mol. The minimum absolute atomic E-state index is 0.868. The average molecular weight is 552 g/mol. The van der Waals surface area contributed by atoms with Gasteiger partial charge in [0.15, 0.2) is 0 Å². The maximum Gasteiger partial charge on any atom is 0.0717 e. The van der Waals surface area contributed by atoms with Gasteiger partial charge in [-0.05, 0) is 72.8 Å². The van der Waals surface area contributed by atoms with Gasteiger partial charge < -0.3 is 4.57 Å². The maximum atomic E-state index is 5.17. The number of para-hydroxylation sites is 2. The van der Waals surface area contributed by atoms with Gasteiger partial charge in [0.2, 0.25) is 0 Å². The van der Waals surface area contributed by atoms with Gasteiger partial charge in [-0.3, -0.25) is 9.97 Å². The van der Waals surface area contributed by atoms with E-state index in [9.17, 15) is 0 Å². The summed E-state index contributed by atoms with van der Waals surface area (Å²) in [5, 5.41) is 2.49. The first-order valence-corrected chi connectivity index (χ1v) is 14.2. The molecule has 0 spiro atoms. The monoisotopic (exact) mass is 551 g/mol. The van der Waals surface area contributed by atoms with Gasteiger partial charge in [0.1, 0.15) is 0 Å². The van der Waals surface area contributed by atoms with Crippen molar-refractivity contribution < 1.29 is 0 Å². The van der Waals surface area contributed by atoms with Crippen molar-refractivity contribution in [2.75, 3.05) is 0 Å². The predicted octanol–water partition coefficient (Wildman–Crippen LogP) is 9.03. The lowest BCUT2D eigenvalue weighted by molar-refractivity contribution is 1.18. The van der Waals surface area contributed by atoms with E-state index in [4.69, 9.17) is 9.97 Å². The largest absolute Gasteiger partial charge is 0.309 e. The van der Waals surface area contributed by atoms with Gasteiger partial charge in [0, 0.05) is 63.5 Å². The quantitative estimate of drug-likeness (QED) is 0.214. The van der Waals surface area contributed by atoms with Crippen LogP contribution in [-0.2, 0) is 0 Å². The number of fused-ring (bicyclic) bond motifs is 3.